The molecule has 1 fully saturated rings. The van der Waals surface area contributed by atoms with Crippen molar-refractivity contribution in [3.05, 3.63) is 34.9 Å². The van der Waals surface area contributed by atoms with E-state index in [4.69, 9.17) is 21.1 Å². The molecule has 5 heteroatoms. The van der Waals surface area contributed by atoms with Crippen LogP contribution in [0, 0.1) is 0 Å². The Hall–Kier alpha value is -1.10. The number of rotatable bonds is 5. The number of ether oxygens (including phenoxy) is 2. The van der Waals surface area contributed by atoms with Gasteiger partial charge < -0.3 is 14.4 Å². The molecular weight excluding hydrogens is 266 g/mol. The molecule has 2 rings (SSSR count). The first-order chi connectivity index (χ1) is 9.24. The molecule has 19 heavy (non-hydrogen) atoms. The van der Waals surface area contributed by atoms with Crippen molar-refractivity contribution in [2.45, 2.75) is 6.42 Å². The molecule has 1 aromatic carbocycles. The molecule has 0 aromatic heterocycles. The normalized spacial score (nSPS) is 16.3. The van der Waals surface area contributed by atoms with Crippen LogP contribution in [0.1, 0.15) is 5.56 Å². The average molecular weight is 285 g/mol. The zero-order chi connectivity index (χ0) is 13.5. The Kier molecular flexibility index (Phi) is 5.63. The Labute approximate surface area is 118 Å². The van der Waals surface area contributed by atoms with E-state index in [-0.39, 0.29) is 5.97 Å². The quantitative estimate of drug-likeness (QED) is 0.793. The average Bonchev–Trinajstić information content (AvgIpc) is 2.43. The Morgan fingerprint density at radius 1 is 1.26 bits per heavy atom. The summed E-state index contributed by atoms with van der Waals surface area (Å²) < 4.78 is 10.5. The van der Waals surface area contributed by atoms with Gasteiger partial charge in [-0.25, -0.2) is 0 Å². The van der Waals surface area contributed by atoms with Gasteiger partial charge >= 0.3 is 5.97 Å². The third kappa shape index (κ3) is 5.19. The molecule has 0 amide bonds. The highest BCUT2D eigenvalue weighted by Crippen LogP contribution is 2.10. The number of benzene rings is 1. The Bertz CT molecular complexity index is 402. The van der Waals surface area contributed by atoms with Crippen LogP contribution in [0.5, 0.6) is 0 Å². The number of carbonyl (C=O) groups excluding carboxylic acids is 1. The Balaban J connectivity index is 1.65. The van der Waals surface area contributed by atoms with Gasteiger partial charge in [0.05, 0.1) is 19.6 Å². The molecule has 1 N–H and O–H groups in total. The minimum absolute atomic E-state index is 0.185. The molecular formula is C14H19ClNO3+. The van der Waals surface area contributed by atoms with E-state index < -0.39 is 0 Å². The molecule has 0 radical (unpaired) electrons. The van der Waals surface area contributed by atoms with Crippen molar-refractivity contribution in [1.82, 2.24) is 0 Å². The van der Waals surface area contributed by atoms with Crippen LogP contribution in [0.15, 0.2) is 24.3 Å². The topological polar surface area (TPSA) is 40.0 Å². The van der Waals surface area contributed by atoms with Crippen LogP contribution < -0.4 is 4.90 Å². The van der Waals surface area contributed by atoms with Gasteiger partial charge in [0.15, 0.2) is 0 Å². The predicted octanol–water partition coefficient (Wildman–Crippen LogP) is 0.341. The fourth-order valence-electron chi connectivity index (χ4n) is 2.04. The second kappa shape index (κ2) is 7.48. The third-order valence-corrected chi connectivity index (χ3v) is 3.43. The lowest BCUT2D eigenvalue weighted by Crippen LogP contribution is -3.14. The number of esters is 1. The van der Waals surface area contributed by atoms with Crippen molar-refractivity contribution < 1.29 is 19.2 Å². The molecule has 1 aromatic rings. The zero-order valence-corrected chi connectivity index (χ0v) is 11.6. The van der Waals surface area contributed by atoms with Gasteiger partial charge in [-0.15, -0.1) is 0 Å². The summed E-state index contributed by atoms with van der Waals surface area (Å²) in [5.41, 5.74) is 0.924. The number of carbonyl (C=O) groups is 1. The summed E-state index contributed by atoms with van der Waals surface area (Å²) in [5, 5.41) is 0.674. The van der Waals surface area contributed by atoms with Gasteiger partial charge in [0, 0.05) is 5.02 Å². The first kappa shape index (κ1) is 14.3. The first-order valence-electron chi connectivity index (χ1n) is 6.55. The highest BCUT2D eigenvalue weighted by molar-refractivity contribution is 6.30. The summed E-state index contributed by atoms with van der Waals surface area (Å²) in [7, 11) is 0. The van der Waals surface area contributed by atoms with Crippen molar-refractivity contribution in [1.29, 1.82) is 0 Å². The number of nitrogens with one attached hydrogen (secondary N) is 1. The lowest BCUT2D eigenvalue weighted by Gasteiger charge is -2.23. The number of quaternary nitrogens is 1. The van der Waals surface area contributed by atoms with Crippen molar-refractivity contribution in [2.75, 3.05) is 39.5 Å². The molecule has 0 unspecified atom stereocenters. The first-order valence-corrected chi connectivity index (χ1v) is 6.93. The molecule has 0 bridgehead atoms. The van der Waals surface area contributed by atoms with Gasteiger partial charge in [-0.05, 0) is 17.7 Å². The number of halogens is 1. The van der Waals surface area contributed by atoms with Crippen LogP contribution in [-0.2, 0) is 20.7 Å². The van der Waals surface area contributed by atoms with E-state index in [2.05, 4.69) is 0 Å². The summed E-state index contributed by atoms with van der Waals surface area (Å²) in [6, 6.07) is 7.25. The van der Waals surface area contributed by atoms with Gasteiger partial charge in [-0.2, -0.15) is 0 Å². The Morgan fingerprint density at radius 2 is 1.95 bits per heavy atom. The highest BCUT2D eigenvalue weighted by Gasteiger charge is 2.14. The van der Waals surface area contributed by atoms with Gasteiger partial charge in [0.2, 0.25) is 0 Å². The van der Waals surface area contributed by atoms with E-state index >= 15 is 0 Å². The summed E-state index contributed by atoms with van der Waals surface area (Å²) >= 11 is 5.79. The van der Waals surface area contributed by atoms with E-state index in [1.807, 2.05) is 12.1 Å². The van der Waals surface area contributed by atoms with Crippen molar-refractivity contribution in [2.24, 2.45) is 0 Å². The fourth-order valence-corrected chi connectivity index (χ4v) is 2.17. The maximum absolute atomic E-state index is 11.6. The molecule has 0 saturated carbocycles. The Morgan fingerprint density at radius 3 is 2.63 bits per heavy atom. The summed E-state index contributed by atoms with van der Waals surface area (Å²) in [6.45, 7) is 4.92. The van der Waals surface area contributed by atoms with Gasteiger partial charge in [-0.3, -0.25) is 4.79 Å². The molecule has 0 atom stereocenters. The van der Waals surface area contributed by atoms with Gasteiger partial charge in [-0.1, -0.05) is 23.7 Å². The molecule has 1 saturated heterocycles. The van der Waals surface area contributed by atoms with E-state index in [9.17, 15) is 4.79 Å². The predicted molar refractivity (Wildman–Crippen MR) is 72.5 cm³/mol. The van der Waals surface area contributed by atoms with Crippen molar-refractivity contribution >= 4 is 17.6 Å². The minimum atomic E-state index is -0.185. The van der Waals surface area contributed by atoms with Crippen molar-refractivity contribution in [3.8, 4) is 0 Å². The third-order valence-electron chi connectivity index (χ3n) is 3.18. The molecule has 104 valence electrons. The van der Waals surface area contributed by atoms with Crippen LogP contribution in [0.25, 0.3) is 0 Å². The van der Waals surface area contributed by atoms with Crippen LogP contribution in [-0.4, -0.2) is 45.4 Å². The van der Waals surface area contributed by atoms with E-state index in [1.165, 1.54) is 4.90 Å². The van der Waals surface area contributed by atoms with Crippen LogP contribution in [0.4, 0.5) is 0 Å². The number of morpholine rings is 1. The second-order valence-corrected chi connectivity index (χ2v) is 5.07. The fraction of sp³-hybridized carbons (Fsp3) is 0.500. The van der Waals surface area contributed by atoms with Crippen LogP contribution in [0.3, 0.4) is 0 Å². The molecule has 1 heterocycles. The van der Waals surface area contributed by atoms with Gasteiger partial charge in [0.1, 0.15) is 26.2 Å². The maximum atomic E-state index is 11.6. The summed E-state index contributed by atoms with van der Waals surface area (Å²) in [6.07, 6.45) is 0.301. The number of hydrogen-bond donors (Lipinski definition) is 1. The summed E-state index contributed by atoms with van der Waals surface area (Å²) in [5.74, 6) is -0.185. The van der Waals surface area contributed by atoms with Gasteiger partial charge in [0.25, 0.3) is 0 Å². The van der Waals surface area contributed by atoms with E-state index in [0.717, 1.165) is 38.4 Å². The number of hydrogen-bond acceptors (Lipinski definition) is 3. The molecule has 0 spiro atoms. The molecule has 1 aliphatic rings. The van der Waals surface area contributed by atoms with Crippen LogP contribution >= 0.6 is 11.6 Å². The van der Waals surface area contributed by atoms with Crippen molar-refractivity contribution in [3.63, 3.8) is 0 Å². The second-order valence-electron chi connectivity index (χ2n) is 4.64. The van der Waals surface area contributed by atoms with E-state index in [1.54, 1.807) is 12.1 Å². The SMILES string of the molecule is O=C(Cc1ccc(Cl)cc1)OCC[NH+]1CCOCC1. The largest absolute Gasteiger partial charge is 0.459 e. The minimum Gasteiger partial charge on any atom is -0.459 e. The highest BCUT2D eigenvalue weighted by atomic mass is 35.5. The van der Waals surface area contributed by atoms with E-state index in [0.29, 0.717) is 18.1 Å². The smallest absolute Gasteiger partial charge is 0.310 e. The summed E-state index contributed by atoms with van der Waals surface area (Å²) in [4.78, 5) is 13.1. The monoisotopic (exact) mass is 284 g/mol. The molecule has 1 aliphatic heterocycles. The zero-order valence-electron chi connectivity index (χ0n) is 10.9. The molecule has 0 aliphatic carbocycles. The maximum Gasteiger partial charge on any atom is 0.310 e. The lowest BCUT2D eigenvalue weighted by molar-refractivity contribution is -0.908. The van der Waals surface area contributed by atoms with Crippen LogP contribution in [0.2, 0.25) is 5.02 Å². The standard InChI is InChI=1S/C14H18ClNO3/c15-13-3-1-12(2-4-13)11-14(17)19-10-7-16-5-8-18-9-6-16/h1-4H,5-11H2/p+1. The molecule has 4 nitrogen and oxygen atoms in total. The lowest BCUT2D eigenvalue weighted by atomic mass is 10.1.